The molecule has 3 rings (SSSR count). The summed E-state index contributed by atoms with van der Waals surface area (Å²) in [6, 6.07) is 17.5. The molecule has 0 saturated carbocycles. The Bertz CT molecular complexity index is 866. The van der Waals surface area contributed by atoms with E-state index in [4.69, 9.17) is 0 Å². The van der Waals surface area contributed by atoms with Crippen LogP contribution in [0.15, 0.2) is 59.1 Å². The van der Waals surface area contributed by atoms with Gasteiger partial charge in [-0.25, -0.2) is 8.42 Å². The number of sulfone groups is 1. The van der Waals surface area contributed by atoms with Gasteiger partial charge in [-0.3, -0.25) is 4.79 Å². The lowest BCUT2D eigenvalue weighted by molar-refractivity contribution is -0.129. The van der Waals surface area contributed by atoms with Gasteiger partial charge in [-0.15, -0.1) is 0 Å². The quantitative estimate of drug-likeness (QED) is 0.641. The van der Waals surface area contributed by atoms with E-state index in [9.17, 15) is 13.2 Å². The van der Waals surface area contributed by atoms with Crippen LogP contribution in [0.3, 0.4) is 0 Å². The van der Waals surface area contributed by atoms with Crippen molar-refractivity contribution < 1.29 is 13.2 Å². The number of likely N-dealkylation sites (tertiary alicyclic amines) is 1. The second kappa shape index (κ2) is 9.02. The summed E-state index contributed by atoms with van der Waals surface area (Å²) < 4.78 is 25.9. The number of carbonyl (C=O) groups is 1. The zero-order valence-corrected chi connectivity index (χ0v) is 17.6. The van der Waals surface area contributed by atoms with Gasteiger partial charge in [-0.05, 0) is 48.9 Å². The van der Waals surface area contributed by atoms with Crippen molar-refractivity contribution in [3.05, 3.63) is 70.2 Å². The minimum atomic E-state index is -3.48. The number of benzene rings is 2. The maximum Gasteiger partial charge on any atom is 0.238 e. The molecule has 1 saturated heterocycles. The molecule has 0 N–H and O–H groups in total. The largest absolute Gasteiger partial charge is 0.339 e. The van der Waals surface area contributed by atoms with Gasteiger partial charge < -0.3 is 4.90 Å². The molecule has 4 nitrogen and oxygen atoms in total. The molecule has 1 unspecified atom stereocenters. The first-order valence-corrected chi connectivity index (χ1v) is 11.8. The Morgan fingerprint density at radius 2 is 1.74 bits per heavy atom. The van der Waals surface area contributed by atoms with Crippen LogP contribution in [-0.2, 0) is 26.8 Å². The van der Waals surface area contributed by atoms with Gasteiger partial charge >= 0.3 is 0 Å². The third-order valence-corrected chi connectivity index (χ3v) is 6.94. The third-order valence-electron chi connectivity index (χ3n) is 4.95. The molecule has 1 aliphatic heterocycles. The summed E-state index contributed by atoms with van der Waals surface area (Å²) in [5, 5.41) is 0. The standard InChI is InChI=1S/C21H24BrNO3S/c22-19-11-8-18(9-12-19)15-27(25,26)16-21(24)23-14-4-7-20(23)13-10-17-5-2-1-3-6-17/h1-3,5-6,8-9,11-12,20H,4,7,10,13-16H2. The van der Waals surface area contributed by atoms with E-state index in [1.165, 1.54) is 5.56 Å². The molecule has 1 atom stereocenters. The van der Waals surface area contributed by atoms with Crippen LogP contribution in [0.5, 0.6) is 0 Å². The van der Waals surface area contributed by atoms with Crippen molar-refractivity contribution in [1.82, 2.24) is 4.90 Å². The van der Waals surface area contributed by atoms with Crippen molar-refractivity contribution in [2.24, 2.45) is 0 Å². The van der Waals surface area contributed by atoms with Crippen LogP contribution in [0.25, 0.3) is 0 Å². The molecule has 1 amide bonds. The number of hydrogen-bond acceptors (Lipinski definition) is 3. The van der Waals surface area contributed by atoms with E-state index >= 15 is 0 Å². The molecule has 0 bridgehead atoms. The lowest BCUT2D eigenvalue weighted by Gasteiger charge is -2.25. The summed E-state index contributed by atoms with van der Waals surface area (Å²) in [5.74, 6) is -0.776. The highest BCUT2D eigenvalue weighted by molar-refractivity contribution is 9.10. The molecular formula is C21H24BrNO3S. The van der Waals surface area contributed by atoms with Crippen LogP contribution in [0.2, 0.25) is 0 Å². The first kappa shape index (κ1) is 20.1. The van der Waals surface area contributed by atoms with Crippen LogP contribution in [-0.4, -0.2) is 37.6 Å². The summed E-state index contributed by atoms with van der Waals surface area (Å²) in [6.07, 6.45) is 3.67. The highest BCUT2D eigenvalue weighted by Gasteiger charge is 2.31. The first-order valence-electron chi connectivity index (χ1n) is 9.21. The first-order chi connectivity index (χ1) is 12.9. The number of halogens is 1. The zero-order chi connectivity index (χ0) is 19.3. The number of amides is 1. The maximum absolute atomic E-state index is 12.7. The summed E-state index contributed by atoms with van der Waals surface area (Å²) in [4.78, 5) is 14.4. The van der Waals surface area contributed by atoms with Crippen LogP contribution in [0.1, 0.15) is 30.4 Å². The summed E-state index contributed by atoms with van der Waals surface area (Å²) in [5.41, 5.74) is 1.95. The van der Waals surface area contributed by atoms with Gasteiger partial charge in [-0.1, -0.05) is 58.4 Å². The molecule has 1 heterocycles. The molecule has 2 aromatic carbocycles. The molecule has 6 heteroatoms. The van der Waals surface area contributed by atoms with Crippen LogP contribution in [0, 0.1) is 0 Å². The van der Waals surface area contributed by atoms with E-state index in [1.807, 2.05) is 30.3 Å². The van der Waals surface area contributed by atoms with Gasteiger partial charge in [0, 0.05) is 17.1 Å². The van der Waals surface area contributed by atoms with Crippen molar-refractivity contribution >= 4 is 31.7 Å². The topological polar surface area (TPSA) is 54.5 Å². The van der Waals surface area contributed by atoms with Gasteiger partial charge in [0.2, 0.25) is 5.91 Å². The minimum absolute atomic E-state index is 0.103. The number of nitrogens with zero attached hydrogens (tertiary/aromatic N) is 1. The molecular weight excluding hydrogens is 426 g/mol. The fourth-order valence-corrected chi connectivity index (χ4v) is 5.21. The molecule has 1 aliphatic rings. The lowest BCUT2D eigenvalue weighted by atomic mass is 10.0. The maximum atomic E-state index is 12.7. The van der Waals surface area contributed by atoms with E-state index in [-0.39, 0.29) is 17.7 Å². The Morgan fingerprint density at radius 1 is 1.04 bits per heavy atom. The van der Waals surface area contributed by atoms with Crippen LogP contribution < -0.4 is 0 Å². The Kier molecular flexibility index (Phi) is 6.71. The summed E-state index contributed by atoms with van der Waals surface area (Å²) >= 11 is 3.34. The van der Waals surface area contributed by atoms with Gasteiger partial charge in [0.25, 0.3) is 0 Å². The molecule has 0 radical (unpaired) electrons. The second-order valence-electron chi connectivity index (χ2n) is 7.07. The number of aryl methyl sites for hydroxylation is 1. The van der Waals surface area contributed by atoms with Gasteiger partial charge in [0.05, 0.1) is 5.75 Å². The smallest absolute Gasteiger partial charge is 0.238 e. The highest BCUT2D eigenvalue weighted by atomic mass is 79.9. The Morgan fingerprint density at radius 3 is 2.44 bits per heavy atom. The summed E-state index contributed by atoms with van der Waals surface area (Å²) in [7, 11) is -3.48. The molecule has 0 spiro atoms. The van der Waals surface area contributed by atoms with E-state index in [1.54, 1.807) is 17.0 Å². The monoisotopic (exact) mass is 449 g/mol. The Hall–Kier alpha value is -1.66. The molecule has 0 aliphatic carbocycles. The fraction of sp³-hybridized carbons (Fsp3) is 0.381. The highest BCUT2D eigenvalue weighted by Crippen LogP contribution is 2.23. The van der Waals surface area contributed by atoms with Gasteiger partial charge in [0.15, 0.2) is 9.84 Å². The molecule has 0 aromatic heterocycles. The normalized spacial score (nSPS) is 17.2. The zero-order valence-electron chi connectivity index (χ0n) is 15.2. The van der Waals surface area contributed by atoms with Crippen LogP contribution >= 0.6 is 15.9 Å². The van der Waals surface area contributed by atoms with Crippen molar-refractivity contribution in [1.29, 1.82) is 0 Å². The van der Waals surface area contributed by atoms with Crippen molar-refractivity contribution in [3.8, 4) is 0 Å². The Labute approximate surface area is 169 Å². The van der Waals surface area contributed by atoms with Crippen molar-refractivity contribution in [2.75, 3.05) is 12.3 Å². The van der Waals surface area contributed by atoms with Crippen LogP contribution in [0.4, 0.5) is 0 Å². The third kappa shape index (κ3) is 5.91. The lowest BCUT2D eigenvalue weighted by Crippen LogP contribution is -2.39. The molecule has 1 fully saturated rings. The van der Waals surface area contributed by atoms with Crippen molar-refractivity contribution in [3.63, 3.8) is 0 Å². The average molecular weight is 450 g/mol. The molecule has 2 aromatic rings. The van der Waals surface area contributed by atoms with Gasteiger partial charge in [-0.2, -0.15) is 0 Å². The predicted molar refractivity (Wildman–Crippen MR) is 111 cm³/mol. The number of rotatable bonds is 7. The Balaban J connectivity index is 1.57. The fourth-order valence-electron chi connectivity index (χ4n) is 3.60. The average Bonchev–Trinajstić information content (AvgIpc) is 3.11. The molecule has 144 valence electrons. The number of carbonyl (C=O) groups excluding carboxylic acids is 1. The predicted octanol–water partition coefficient (Wildman–Crippen LogP) is 3.99. The second-order valence-corrected chi connectivity index (χ2v) is 10.0. The summed E-state index contributed by atoms with van der Waals surface area (Å²) in [6.45, 7) is 0.659. The van der Waals surface area contributed by atoms with E-state index < -0.39 is 15.6 Å². The van der Waals surface area contributed by atoms with Gasteiger partial charge in [0.1, 0.15) is 5.75 Å². The van der Waals surface area contributed by atoms with Crippen molar-refractivity contribution in [2.45, 2.75) is 37.5 Å². The van der Waals surface area contributed by atoms with E-state index in [0.29, 0.717) is 12.1 Å². The van der Waals surface area contributed by atoms with E-state index in [0.717, 1.165) is 30.2 Å². The number of hydrogen-bond donors (Lipinski definition) is 0. The minimum Gasteiger partial charge on any atom is -0.339 e. The van der Waals surface area contributed by atoms with E-state index in [2.05, 4.69) is 28.1 Å². The SMILES string of the molecule is O=C(CS(=O)(=O)Cc1ccc(Br)cc1)N1CCCC1CCc1ccccc1. The molecule has 27 heavy (non-hydrogen) atoms.